The van der Waals surface area contributed by atoms with Crippen LogP contribution in [-0.2, 0) is 14.5 Å². The zero-order valence-corrected chi connectivity index (χ0v) is 15.3. The Balaban J connectivity index is 1.54. The molecule has 0 amide bonds. The van der Waals surface area contributed by atoms with Crippen LogP contribution in [0.1, 0.15) is 31.7 Å². The second kappa shape index (κ2) is 6.76. The normalized spacial score (nSPS) is 26.5. The van der Waals surface area contributed by atoms with E-state index in [1.165, 1.54) is 19.2 Å². The van der Waals surface area contributed by atoms with Gasteiger partial charge in [-0.3, -0.25) is 4.18 Å². The fourth-order valence-corrected chi connectivity index (χ4v) is 4.27. The number of aromatic nitrogens is 3. The number of aliphatic hydroxyl groups is 1. The van der Waals surface area contributed by atoms with E-state index in [0.717, 1.165) is 36.4 Å². The minimum absolute atomic E-state index is 0.0572. The average Bonchev–Trinajstić information content (AvgIpc) is 3.24. The van der Waals surface area contributed by atoms with Gasteiger partial charge in [-0.05, 0) is 37.7 Å². The summed E-state index contributed by atoms with van der Waals surface area (Å²) in [7, 11) is -2.75. The second-order valence-corrected chi connectivity index (χ2v) is 8.52. The molecule has 0 spiro atoms. The third kappa shape index (κ3) is 3.54. The van der Waals surface area contributed by atoms with E-state index >= 15 is 0 Å². The van der Waals surface area contributed by atoms with Crippen molar-refractivity contribution in [3.05, 3.63) is 18.6 Å². The summed E-state index contributed by atoms with van der Waals surface area (Å²) in [6.45, 7) is 0.917. The summed E-state index contributed by atoms with van der Waals surface area (Å²) < 4.78 is 32.0. The molecule has 2 aromatic rings. The highest BCUT2D eigenvalue weighted by molar-refractivity contribution is 7.84. The summed E-state index contributed by atoms with van der Waals surface area (Å²) in [5.41, 5.74) is 0.783. The zero-order valence-electron chi connectivity index (χ0n) is 14.5. The topological polar surface area (TPSA) is 118 Å². The van der Waals surface area contributed by atoms with Crippen LogP contribution in [-0.4, -0.2) is 53.9 Å². The first kappa shape index (κ1) is 17.7. The highest BCUT2D eigenvalue weighted by Gasteiger charge is 2.37. The lowest BCUT2D eigenvalue weighted by molar-refractivity contribution is 0.154. The molecule has 0 bridgehead atoms. The van der Waals surface area contributed by atoms with Crippen LogP contribution in [0.2, 0.25) is 0 Å². The van der Waals surface area contributed by atoms with Gasteiger partial charge < -0.3 is 15.0 Å². The Kier molecular flexibility index (Phi) is 4.59. The van der Waals surface area contributed by atoms with Gasteiger partial charge in [0.2, 0.25) is 0 Å². The Labute approximate surface area is 152 Å². The lowest BCUT2D eigenvalue weighted by atomic mass is 10.2. The van der Waals surface area contributed by atoms with E-state index < -0.39 is 22.4 Å². The SMILES string of the molecule is COS(=O)(=O)N[C@H]1C[C@@H](n2ccc3c(NCC4CC4)ncnc32)C[C@@H]1O. The molecule has 4 rings (SSSR count). The first-order valence-corrected chi connectivity index (χ1v) is 10.2. The van der Waals surface area contributed by atoms with Crippen molar-refractivity contribution < 1.29 is 17.7 Å². The van der Waals surface area contributed by atoms with Crippen LogP contribution >= 0.6 is 0 Å². The number of nitrogens with one attached hydrogen (secondary N) is 2. The van der Waals surface area contributed by atoms with E-state index in [1.807, 2.05) is 16.8 Å². The van der Waals surface area contributed by atoms with Gasteiger partial charge in [0.1, 0.15) is 17.8 Å². The minimum atomic E-state index is -3.84. The van der Waals surface area contributed by atoms with Crippen molar-refractivity contribution in [3.8, 4) is 0 Å². The molecule has 2 heterocycles. The van der Waals surface area contributed by atoms with E-state index in [1.54, 1.807) is 0 Å². The first-order chi connectivity index (χ1) is 12.5. The predicted octanol–water partition coefficient (Wildman–Crippen LogP) is 0.798. The maximum Gasteiger partial charge on any atom is 0.335 e. The molecule has 10 heteroatoms. The summed E-state index contributed by atoms with van der Waals surface area (Å²) in [6, 6.07) is 1.32. The molecule has 2 saturated carbocycles. The van der Waals surface area contributed by atoms with E-state index in [0.29, 0.717) is 12.8 Å². The van der Waals surface area contributed by atoms with Crippen LogP contribution in [0.4, 0.5) is 5.82 Å². The third-order valence-electron chi connectivity index (χ3n) is 5.18. The van der Waals surface area contributed by atoms with Gasteiger partial charge in [-0.2, -0.15) is 13.1 Å². The number of hydrogen-bond acceptors (Lipinski definition) is 7. The van der Waals surface area contributed by atoms with Crippen LogP contribution < -0.4 is 10.0 Å². The lowest BCUT2D eigenvalue weighted by Gasteiger charge is -2.15. The molecule has 2 fully saturated rings. The molecular formula is C16H23N5O4S. The molecule has 26 heavy (non-hydrogen) atoms. The summed E-state index contributed by atoms with van der Waals surface area (Å²) >= 11 is 0. The predicted molar refractivity (Wildman–Crippen MR) is 95.9 cm³/mol. The van der Waals surface area contributed by atoms with Gasteiger partial charge in [0.15, 0.2) is 0 Å². The fraction of sp³-hybridized carbons (Fsp3) is 0.625. The molecule has 2 aromatic heterocycles. The number of rotatable bonds is 7. The molecule has 3 atom stereocenters. The molecule has 2 aliphatic carbocycles. The number of fused-ring (bicyclic) bond motifs is 1. The maximum atomic E-state index is 11.6. The Morgan fingerprint density at radius 2 is 2.15 bits per heavy atom. The molecule has 142 valence electrons. The van der Waals surface area contributed by atoms with E-state index in [2.05, 4.69) is 24.2 Å². The van der Waals surface area contributed by atoms with Gasteiger partial charge >= 0.3 is 10.3 Å². The molecule has 0 saturated heterocycles. The smallest absolute Gasteiger partial charge is 0.335 e. The van der Waals surface area contributed by atoms with E-state index in [9.17, 15) is 13.5 Å². The van der Waals surface area contributed by atoms with Crippen LogP contribution in [0.3, 0.4) is 0 Å². The van der Waals surface area contributed by atoms with Crippen molar-refractivity contribution in [1.82, 2.24) is 19.3 Å². The number of aliphatic hydroxyl groups excluding tert-OH is 1. The Bertz CT molecular complexity index is 895. The summed E-state index contributed by atoms with van der Waals surface area (Å²) in [5.74, 6) is 1.55. The van der Waals surface area contributed by atoms with Crippen LogP contribution in [0.25, 0.3) is 11.0 Å². The number of hydrogen-bond donors (Lipinski definition) is 3. The number of anilines is 1. The second-order valence-electron chi connectivity index (χ2n) is 7.04. The van der Waals surface area contributed by atoms with Gasteiger partial charge in [-0.25, -0.2) is 9.97 Å². The van der Waals surface area contributed by atoms with E-state index in [4.69, 9.17) is 0 Å². The zero-order chi connectivity index (χ0) is 18.3. The molecule has 0 aromatic carbocycles. The third-order valence-corrected chi connectivity index (χ3v) is 6.21. The molecule has 3 N–H and O–H groups in total. The van der Waals surface area contributed by atoms with Gasteiger partial charge in [-0.1, -0.05) is 0 Å². The van der Waals surface area contributed by atoms with Crippen molar-refractivity contribution in [2.75, 3.05) is 19.0 Å². The largest absolute Gasteiger partial charge is 0.391 e. The summed E-state index contributed by atoms with van der Waals surface area (Å²) in [4.78, 5) is 8.74. The van der Waals surface area contributed by atoms with Crippen molar-refractivity contribution in [2.45, 2.75) is 43.9 Å². The molecule has 9 nitrogen and oxygen atoms in total. The number of nitrogens with zero attached hydrogens (tertiary/aromatic N) is 3. The quantitative estimate of drug-likeness (QED) is 0.649. The molecular weight excluding hydrogens is 358 g/mol. The summed E-state index contributed by atoms with van der Waals surface area (Å²) in [6.07, 6.45) is 6.10. The Morgan fingerprint density at radius 1 is 1.35 bits per heavy atom. The maximum absolute atomic E-state index is 11.6. The van der Waals surface area contributed by atoms with Crippen molar-refractivity contribution in [2.24, 2.45) is 5.92 Å². The average molecular weight is 381 g/mol. The Morgan fingerprint density at radius 3 is 2.88 bits per heavy atom. The molecule has 2 aliphatic rings. The highest BCUT2D eigenvalue weighted by Crippen LogP contribution is 2.35. The Hall–Kier alpha value is -1.75. The van der Waals surface area contributed by atoms with E-state index in [-0.39, 0.29) is 6.04 Å². The molecule has 0 aliphatic heterocycles. The van der Waals surface area contributed by atoms with Crippen molar-refractivity contribution >= 4 is 27.2 Å². The monoisotopic (exact) mass is 381 g/mol. The van der Waals surface area contributed by atoms with Crippen LogP contribution in [0, 0.1) is 5.92 Å². The van der Waals surface area contributed by atoms with Gasteiger partial charge in [0.05, 0.1) is 24.6 Å². The fourth-order valence-electron chi connectivity index (χ4n) is 3.55. The molecule has 0 unspecified atom stereocenters. The summed E-state index contributed by atoms with van der Waals surface area (Å²) in [5, 5.41) is 14.6. The minimum Gasteiger partial charge on any atom is -0.391 e. The van der Waals surface area contributed by atoms with Crippen LogP contribution in [0.5, 0.6) is 0 Å². The van der Waals surface area contributed by atoms with Crippen molar-refractivity contribution in [3.63, 3.8) is 0 Å². The van der Waals surface area contributed by atoms with Gasteiger partial charge in [-0.15, -0.1) is 0 Å². The molecule has 0 radical (unpaired) electrons. The lowest BCUT2D eigenvalue weighted by Crippen LogP contribution is -2.40. The standard InChI is InChI=1S/C16H23N5O4S/c1-25-26(23,24)20-13-6-11(7-14(13)22)21-5-4-12-15(17-8-10-2-3-10)18-9-19-16(12)21/h4-5,9-11,13-14,20,22H,2-3,6-8H2,1H3,(H,17,18,19)/t11-,13+,14+/m1/s1. The first-order valence-electron chi connectivity index (χ1n) is 8.78. The van der Waals surface area contributed by atoms with Gasteiger partial charge in [0.25, 0.3) is 0 Å². The van der Waals surface area contributed by atoms with Crippen LogP contribution in [0.15, 0.2) is 18.6 Å². The highest BCUT2D eigenvalue weighted by atomic mass is 32.2. The van der Waals surface area contributed by atoms with Crippen molar-refractivity contribution in [1.29, 1.82) is 0 Å². The van der Waals surface area contributed by atoms with Gasteiger partial charge in [0, 0.05) is 18.8 Å².